The number of amides is 2. The van der Waals surface area contributed by atoms with Gasteiger partial charge in [0.05, 0.1) is 18.5 Å². The zero-order valence-corrected chi connectivity index (χ0v) is 16.7. The number of allylic oxidation sites excluding steroid dienone is 1. The lowest BCUT2D eigenvalue weighted by atomic mass is 10.1. The molecular formula is C24H23FN2O2. The van der Waals surface area contributed by atoms with Crippen LogP contribution in [0.15, 0.2) is 84.9 Å². The molecule has 0 aromatic heterocycles. The van der Waals surface area contributed by atoms with Crippen molar-refractivity contribution in [3.8, 4) is 5.75 Å². The Morgan fingerprint density at radius 1 is 0.931 bits per heavy atom. The summed E-state index contributed by atoms with van der Waals surface area (Å²) in [6.45, 7) is 1.88. The van der Waals surface area contributed by atoms with Crippen molar-refractivity contribution in [2.24, 2.45) is 0 Å². The first-order valence-corrected chi connectivity index (χ1v) is 9.24. The molecule has 2 amide bonds. The van der Waals surface area contributed by atoms with Crippen LogP contribution in [0.1, 0.15) is 12.5 Å². The third kappa shape index (κ3) is 4.46. The molecule has 0 saturated carbocycles. The summed E-state index contributed by atoms with van der Waals surface area (Å²) in [6.07, 6.45) is 1.89. The van der Waals surface area contributed by atoms with Gasteiger partial charge in [0.15, 0.2) is 0 Å². The highest BCUT2D eigenvalue weighted by Gasteiger charge is 2.25. The van der Waals surface area contributed by atoms with E-state index in [1.807, 2.05) is 55.5 Å². The summed E-state index contributed by atoms with van der Waals surface area (Å²) in [7, 11) is 3.23. The van der Waals surface area contributed by atoms with Gasteiger partial charge in [-0.15, -0.1) is 0 Å². The molecular weight excluding hydrogens is 367 g/mol. The van der Waals surface area contributed by atoms with Gasteiger partial charge in [-0.25, -0.2) is 9.18 Å². The third-order valence-electron chi connectivity index (χ3n) is 4.59. The van der Waals surface area contributed by atoms with Gasteiger partial charge in [0, 0.05) is 12.7 Å². The fraction of sp³-hybridized carbons (Fsp3) is 0.125. The number of halogens is 1. The fourth-order valence-corrected chi connectivity index (χ4v) is 3.06. The molecule has 0 fully saturated rings. The number of nitrogens with zero attached hydrogens (tertiary/aromatic N) is 2. The minimum absolute atomic E-state index is 0.308. The number of anilines is 2. The Labute approximate surface area is 170 Å². The highest BCUT2D eigenvalue weighted by atomic mass is 19.1. The summed E-state index contributed by atoms with van der Waals surface area (Å²) in [6, 6.07) is 22.6. The average molecular weight is 390 g/mol. The van der Waals surface area contributed by atoms with Gasteiger partial charge in [-0.1, -0.05) is 42.5 Å². The van der Waals surface area contributed by atoms with Crippen LogP contribution in [0.2, 0.25) is 0 Å². The zero-order valence-electron chi connectivity index (χ0n) is 16.7. The number of hydrogen-bond acceptors (Lipinski definition) is 2. The Hall–Kier alpha value is -3.60. The Kier molecular flexibility index (Phi) is 6.29. The first kappa shape index (κ1) is 20.1. The Morgan fingerprint density at radius 3 is 2.21 bits per heavy atom. The maximum absolute atomic E-state index is 13.7. The molecule has 0 saturated heterocycles. The SMILES string of the molecule is C/C=C(/c1ccccc1)N(C(=O)N(C)c1cccc(F)c1)c1ccc(OC)cc1. The monoisotopic (exact) mass is 390 g/mol. The fourth-order valence-electron chi connectivity index (χ4n) is 3.06. The summed E-state index contributed by atoms with van der Waals surface area (Å²) in [5, 5.41) is 0. The van der Waals surface area contributed by atoms with Crippen LogP contribution in [0.5, 0.6) is 5.75 Å². The molecule has 3 aromatic rings. The number of carbonyl (C=O) groups is 1. The second-order valence-corrected chi connectivity index (χ2v) is 6.39. The van der Waals surface area contributed by atoms with E-state index in [2.05, 4.69) is 0 Å². The highest BCUT2D eigenvalue weighted by Crippen LogP contribution is 2.30. The predicted molar refractivity (Wildman–Crippen MR) is 116 cm³/mol. The van der Waals surface area contributed by atoms with E-state index in [1.165, 1.54) is 17.0 Å². The molecule has 0 unspecified atom stereocenters. The van der Waals surface area contributed by atoms with Gasteiger partial charge in [-0.3, -0.25) is 9.80 Å². The van der Waals surface area contributed by atoms with E-state index >= 15 is 0 Å². The maximum Gasteiger partial charge on any atom is 0.333 e. The van der Waals surface area contributed by atoms with E-state index < -0.39 is 5.82 Å². The van der Waals surface area contributed by atoms with E-state index in [9.17, 15) is 9.18 Å². The van der Waals surface area contributed by atoms with Crippen LogP contribution in [0.25, 0.3) is 5.70 Å². The van der Waals surface area contributed by atoms with Crippen LogP contribution in [0.4, 0.5) is 20.6 Å². The van der Waals surface area contributed by atoms with E-state index in [-0.39, 0.29) is 6.03 Å². The van der Waals surface area contributed by atoms with E-state index in [0.717, 1.165) is 11.3 Å². The molecule has 3 rings (SSSR count). The largest absolute Gasteiger partial charge is 0.497 e. The van der Waals surface area contributed by atoms with Crippen LogP contribution in [-0.4, -0.2) is 20.2 Å². The molecule has 0 aliphatic rings. The number of ether oxygens (including phenoxy) is 1. The van der Waals surface area contributed by atoms with Crippen molar-refractivity contribution in [2.75, 3.05) is 24.0 Å². The number of rotatable bonds is 5. The van der Waals surface area contributed by atoms with Gasteiger partial charge in [-0.05, 0) is 55.0 Å². The number of carbonyl (C=O) groups excluding carboxylic acids is 1. The Bertz CT molecular complexity index is 1000. The molecule has 29 heavy (non-hydrogen) atoms. The van der Waals surface area contributed by atoms with Crippen LogP contribution in [0, 0.1) is 5.82 Å². The molecule has 0 atom stereocenters. The van der Waals surface area contributed by atoms with Crippen molar-refractivity contribution in [3.05, 3.63) is 96.3 Å². The van der Waals surface area contributed by atoms with Crippen molar-refractivity contribution in [1.29, 1.82) is 0 Å². The van der Waals surface area contributed by atoms with Gasteiger partial charge in [-0.2, -0.15) is 0 Å². The summed E-state index contributed by atoms with van der Waals surface area (Å²) in [4.78, 5) is 16.6. The molecule has 5 heteroatoms. The highest BCUT2D eigenvalue weighted by molar-refractivity contribution is 6.12. The molecule has 0 heterocycles. The minimum Gasteiger partial charge on any atom is -0.497 e. The first-order chi connectivity index (χ1) is 14.0. The summed E-state index contributed by atoms with van der Waals surface area (Å²) >= 11 is 0. The number of urea groups is 1. The second-order valence-electron chi connectivity index (χ2n) is 6.39. The third-order valence-corrected chi connectivity index (χ3v) is 4.59. The van der Waals surface area contributed by atoms with Gasteiger partial charge in [0.25, 0.3) is 0 Å². The molecule has 148 valence electrons. The summed E-state index contributed by atoms with van der Waals surface area (Å²) in [5.41, 5.74) is 2.77. The van der Waals surface area contributed by atoms with Gasteiger partial charge in [0.2, 0.25) is 0 Å². The average Bonchev–Trinajstić information content (AvgIpc) is 2.77. The lowest BCUT2D eigenvalue weighted by Crippen LogP contribution is -2.40. The van der Waals surface area contributed by atoms with E-state index in [4.69, 9.17) is 4.74 Å². The van der Waals surface area contributed by atoms with Crippen LogP contribution < -0.4 is 14.5 Å². The minimum atomic E-state index is -0.396. The second kappa shape index (κ2) is 9.06. The van der Waals surface area contributed by atoms with Crippen LogP contribution in [0.3, 0.4) is 0 Å². The molecule has 0 aliphatic heterocycles. The number of hydrogen-bond donors (Lipinski definition) is 0. The summed E-state index contributed by atoms with van der Waals surface area (Å²) < 4.78 is 19.0. The van der Waals surface area contributed by atoms with E-state index in [1.54, 1.807) is 43.3 Å². The smallest absolute Gasteiger partial charge is 0.333 e. The normalized spacial score (nSPS) is 11.1. The number of methoxy groups -OCH3 is 1. The Balaban J connectivity index is 2.07. The van der Waals surface area contributed by atoms with Gasteiger partial charge < -0.3 is 4.74 Å². The quantitative estimate of drug-likeness (QED) is 0.539. The zero-order chi connectivity index (χ0) is 20.8. The van der Waals surface area contributed by atoms with Crippen LogP contribution in [-0.2, 0) is 0 Å². The molecule has 3 aromatic carbocycles. The van der Waals surface area contributed by atoms with Crippen molar-refractivity contribution in [3.63, 3.8) is 0 Å². The summed E-state index contributed by atoms with van der Waals surface area (Å²) in [5.74, 6) is 0.300. The molecule has 0 bridgehead atoms. The van der Waals surface area contributed by atoms with Crippen molar-refractivity contribution in [2.45, 2.75) is 6.92 Å². The Morgan fingerprint density at radius 2 is 1.62 bits per heavy atom. The van der Waals surface area contributed by atoms with E-state index in [0.29, 0.717) is 17.1 Å². The predicted octanol–water partition coefficient (Wildman–Crippen LogP) is 5.96. The molecule has 0 N–H and O–H groups in total. The molecule has 4 nitrogen and oxygen atoms in total. The van der Waals surface area contributed by atoms with Crippen molar-refractivity contribution >= 4 is 23.1 Å². The van der Waals surface area contributed by atoms with Crippen molar-refractivity contribution < 1.29 is 13.9 Å². The topological polar surface area (TPSA) is 32.8 Å². The first-order valence-electron chi connectivity index (χ1n) is 9.24. The maximum atomic E-state index is 13.7. The van der Waals surface area contributed by atoms with Gasteiger partial charge in [0.1, 0.15) is 11.6 Å². The lowest BCUT2D eigenvalue weighted by molar-refractivity contribution is 0.255. The molecule has 0 spiro atoms. The number of benzene rings is 3. The molecule has 0 radical (unpaired) electrons. The van der Waals surface area contributed by atoms with Crippen molar-refractivity contribution in [1.82, 2.24) is 0 Å². The standard InChI is InChI=1S/C24H23FN2O2/c1-4-23(18-9-6-5-7-10-18)27(20-13-15-22(29-3)16-14-20)24(28)26(2)21-12-8-11-19(25)17-21/h4-17H,1-3H3/b23-4-. The van der Waals surface area contributed by atoms with Crippen LogP contribution >= 0.6 is 0 Å². The molecule has 0 aliphatic carbocycles. The lowest BCUT2D eigenvalue weighted by Gasteiger charge is -2.30. The van der Waals surface area contributed by atoms with Gasteiger partial charge >= 0.3 is 6.03 Å².